The Morgan fingerprint density at radius 3 is 2.86 bits per heavy atom. The lowest BCUT2D eigenvalue weighted by Crippen LogP contribution is -2.55. The van der Waals surface area contributed by atoms with Crippen molar-refractivity contribution < 1.29 is 28.1 Å². The van der Waals surface area contributed by atoms with Crippen molar-refractivity contribution in [2.24, 2.45) is 0 Å². The van der Waals surface area contributed by atoms with Gasteiger partial charge in [-0.1, -0.05) is 12.0 Å². The van der Waals surface area contributed by atoms with E-state index in [1.165, 1.54) is 30.5 Å². The maximum absolute atomic E-state index is 16.7. The number of phenols is 1. The van der Waals surface area contributed by atoms with Crippen molar-refractivity contribution in [1.29, 1.82) is 0 Å². The zero-order chi connectivity index (χ0) is 30.8. The van der Waals surface area contributed by atoms with Gasteiger partial charge in [0.15, 0.2) is 11.6 Å². The molecule has 0 unspecified atom stereocenters. The molecular formula is C32H31F3N6O3. The Morgan fingerprint density at radius 2 is 2.07 bits per heavy atom. The van der Waals surface area contributed by atoms with Gasteiger partial charge in [0.2, 0.25) is 0 Å². The lowest BCUT2D eigenvalue weighted by Gasteiger charge is -2.38. The molecule has 12 heteroatoms. The van der Waals surface area contributed by atoms with Gasteiger partial charge in [0.25, 0.3) is 0 Å². The molecule has 2 aromatic heterocycles. The number of pyridine rings is 1. The number of halogens is 3. The van der Waals surface area contributed by atoms with Gasteiger partial charge in [-0.2, -0.15) is 9.97 Å². The van der Waals surface area contributed by atoms with Gasteiger partial charge in [-0.3, -0.25) is 14.9 Å². The van der Waals surface area contributed by atoms with Crippen molar-refractivity contribution in [2.75, 3.05) is 37.8 Å². The highest BCUT2D eigenvalue weighted by Gasteiger charge is 2.49. The molecule has 3 atom stereocenters. The summed E-state index contributed by atoms with van der Waals surface area (Å²) in [5.74, 6) is 0.875. The molecule has 3 N–H and O–H groups in total. The Hall–Kier alpha value is -4.18. The van der Waals surface area contributed by atoms with Gasteiger partial charge in [-0.15, -0.1) is 6.42 Å². The van der Waals surface area contributed by atoms with E-state index in [0.717, 1.165) is 19.4 Å². The van der Waals surface area contributed by atoms with Crippen LogP contribution in [0.2, 0.25) is 0 Å². The second-order valence-electron chi connectivity index (χ2n) is 12.3. The second kappa shape index (κ2) is 10.5. The molecule has 0 spiro atoms. The van der Waals surface area contributed by atoms with Crippen LogP contribution in [0.15, 0.2) is 30.5 Å². The molecule has 0 radical (unpaired) electrons. The molecule has 228 valence electrons. The summed E-state index contributed by atoms with van der Waals surface area (Å²) in [6.07, 6.45) is 8.61. The smallest absolute Gasteiger partial charge is 0.319 e. The SMILES string of the molecule is C#Cc1c(F)ccc2cc(O)cc(-c3ncc4c(N5C[C@@](C)(O)CCN5)nc(OC[C@@]56CCCN5C[C@H](F)C6)nc4c3F)c12. The van der Waals surface area contributed by atoms with E-state index in [0.29, 0.717) is 31.3 Å². The number of fused-ring (bicyclic) bond motifs is 3. The van der Waals surface area contributed by atoms with Crippen LogP contribution in [0.25, 0.3) is 32.9 Å². The first-order chi connectivity index (χ1) is 21.1. The van der Waals surface area contributed by atoms with Crippen molar-refractivity contribution in [3.05, 3.63) is 47.7 Å². The van der Waals surface area contributed by atoms with E-state index in [4.69, 9.17) is 11.2 Å². The van der Waals surface area contributed by atoms with Crippen molar-refractivity contribution in [3.63, 3.8) is 0 Å². The average Bonchev–Trinajstić information content (AvgIpc) is 3.51. The van der Waals surface area contributed by atoms with E-state index in [2.05, 4.69) is 31.2 Å². The largest absolute Gasteiger partial charge is 0.508 e. The summed E-state index contributed by atoms with van der Waals surface area (Å²) in [6.45, 7) is 3.55. The van der Waals surface area contributed by atoms with Gasteiger partial charge >= 0.3 is 6.01 Å². The second-order valence-corrected chi connectivity index (χ2v) is 12.3. The van der Waals surface area contributed by atoms with Crippen molar-refractivity contribution in [1.82, 2.24) is 25.3 Å². The third-order valence-electron chi connectivity index (χ3n) is 9.05. The van der Waals surface area contributed by atoms with Crippen LogP contribution in [-0.4, -0.2) is 80.2 Å². The van der Waals surface area contributed by atoms with E-state index < -0.39 is 28.9 Å². The van der Waals surface area contributed by atoms with Crippen LogP contribution in [0.4, 0.5) is 19.0 Å². The first-order valence-corrected chi connectivity index (χ1v) is 14.6. The fourth-order valence-electron chi connectivity index (χ4n) is 6.97. The normalized spacial score (nSPS) is 25.5. The fraction of sp³-hybridized carbons (Fsp3) is 0.406. The molecular weight excluding hydrogens is 573 g/mol. The highest BCUT2D eigenvalue weighted by molar-refractivity contribution is 6.03. The molecule has 0 aliphatic carbocycles. The highest BCUT2D eigenvalue weighted by Crippen LogP contribution is 2.42. The molecule has 7 rings (SSSR count). The van der Waals surface area contributed by atoms with Crippen LogP contribution >= 0.6 is 0 Å². The van der Waals surface area contributed by atoms with Gasteiger partial charge in [-0.25, -0.2) is 18.6 Å². The zero-order valence-electron chi connectivity index (χ0n) is 24.1. The van der Waals surface area contributed by atoms with Crippen LogP contribution in [0.5, 0.6) is 11.8 Å². The number of nitrogens with one attached hydrogen (secondary N) is 1. The van der Waals surface area contributed by atoms with Crippen LogP contribution < -0.4 is 15.2 Å². The number of phenolic OH excluding ortho intramolecular Hbond substituents is 1. The molecule has 0 amide bonds. The maximum Gasteiger partial charge on any atom is 0.319 e. The third-order valence-corrected chi connectivity index (χ3v) is 9.05. The first-order valence-electron chi connectivity index (χ1n) is 14.6. The average molecular weight is 605 g/mol. The number of hydrogen-bond acceptors (Lipinski definition) is 9. The van der Waals surface area contributed by atoms with Gasteiger partial charge < -0.3 is 14.9 Å². The van der Waals surface area contributed by atoms with Crippen LogP contribution in [0.1, 0.15) is 38.2 Å². The number of β-amino-alcohol motifs (C(OH)–C–C–N with tert-alkyl or cyclic N) is 1. The number of aromatic hydroxyl groups is 1. The summed E-state index contributed by atoms with van der Waals surface area (Å²) in [5.41, 5.74) is 1.33. The number of nitrogens with zero attached hydrogens (tertiary/aromatic N) is 5. The molecule has 2 aromatic carbocycles. The molecule has 44 heavy (non-hydrogen) atoms. The molecule has 4 aromatic rings. The van der Waals surface area contributed by atoms with Gasteiger partial charge in [0.1, 0.15) is 35.6 Å². The molecule has 5 heterocycles. The lowest BCUT2D eigenvalue weighted by molar-refractivity contribution is 0.0412. The number of terminal acetylenes is 1. The van der Waals surface area contributed by atoms with Gasteiger partial charge in [0, 0.05) is 36.7 Å². The summed E-state index contributed by atoms with van der Waals surface area (Å²) < 4.78 is 51.9. The van der Waals surface area contributed by atoms with E-state index >= 15 is 4.39 Å². The summed E-state index contributed by atoms with van der Waals surface area (Å²) in [6, 6.07) is 5.22. The number of hydrazine groups is 1. The van der Waals surface area contributed by atoms with E-state index in [9.17, 15) is 19.0 Å². The minimum atomic E-state index is -1.05. The Labute approximate surface area is 251 Å². The van der Waals surface area contributed by atoms with E-state index in [-0.39, 0.29) is 63.8 Å². The number of rotatable bonds is 5. The topological polar surface area (TPSA) is 107 Å². The molecule has 9 nitrogen and oxygen atoms in total. The molecule has 3 saturated heterocycles. The van der Waals surface area contributed by atoms with Crippen molar-refractivity contribution in [2.45, 2.75) is 49.9 Å². The zero-order valence-corrected chi connectivity index (χ0v) is 24.1. The number of anilines is 1. The standard InChI is InChI=1S/C32H31F3N6O3/c1-3-21-24(34)6-5-18-11-20(42)12-22(25(18)21)27-26(35)28-23(14-36-27)29(41-16-31(2,43)8-9-37-41)39-30(38-28)44-17-32-7-4-10-40(32)15-19(33)13-32/h1,5-6,11-12,14,19,37,42-43H,4,7-10,13,15-17H2,2H3/t19-,31+,32+/m1/s1. The molecule has 3 aliphatic heterocycles. The lowest BCUT2D eigenvalue weighted by atomic mass is 9.95. The van der Waals surface area contributed by atoms with Crippen molar-refractivity contribution in [3.8, 4) is 35.4 Å². The number of ether oxygens (including phenoxy) is 1. The van der Waals surface area contributed by atoms with Crippen LogP contribution in [0.3, 0.4) is 0 Å². The number of hydrogen-bond donors (Lipinski definition) is 3. The summed E-state index contributed by atoms with van der Waals surface area (Å²) in [4.78, 5) is 15.6. The number of alkyl halides is 1. The number of benzene rings is 2. The molecule has 0 saturated carbocycles. The number of aromatic nitrogens is 3. The highest BCUT2D eigenvalue weighted by atomic mass is 19.1. The molecule has 0 bridgehead atoms. The predicted octanol–water partition coefficient (Wildman–Crippen LogP) is 4.23. The summed E-state index contributed by atoms with van der Waals surface area (Å²) in [5, 5.41) is 23.8. The Morgan fingerprint density at radius 1 is 1.23 bits per heavy atom. The monoisotopic (exact) mass is 604 g/mol. The third kappa shape index (κ3) is 4.76. The van der Waals surface area contributed by atoms with E-state index in [1.807, 2.05) is 0 Å². The Bertz CT molecular complexity index is 1850. The summed E-state index contributed by atoms with van der Waals surface area (Å²) >= 11 is 0. The number of aliphatic hydroxyl groups is 1. The Balaban J connectivity index is 1.39. The minimum Gasteiger partial charge on any atom is -0.508 e. The molecule has 3 fully saturated rings. The Kier molecular flexibility index (Phi) is 6.80. The minimum absolute atomic E-state index is 0.0888. The van der Waals surface area contributed by atoms with Gasteiger partial charge in [-0.05, 0) is 56.3 Å². The van der Waals surface area contributed by atoms with Crippen LogP contribution in [-0.2, 0) is 0 Å². The van der Waals surface area contributed by atoms with Crippen molar-refractivity contribution >= 4 is 27.5 Å². The van der Waals surface area contributed by atoms with E-state index in [1.54, 1.807) is 11.9 Å². The predicted molar refractivity (Wildman–Crippen MR) is 159 cm³/mol. The first kappa shape index (κ1) is 28.6. The quantitative estimate of drug-likeness (QED) is 0.289. The fourth-order valence-corrected chi connectivity index (χ4v) is 6.97. The maximum atomic E-state index is 16.7. The summed E-state index contributed by atoms with van der Waals surface area (Å²) in [7, 11) is 0. The van der Waals surface area contributed by atoms with Crippen LogP contribution in [0, 0.1) is 24.0 Å². The molecule has 3 aliphatic rings. The van der Waals surface area contributed by atoms with Gasteiger partial charge in [0.05, 0.1) is 28.6 Å².